The van der Waals surface area contributed by atoms with Crippen LogP contribution >= 0.6 is 0 Å². The van der Waals surface area contributed by atoms with Crippen molar-refractivity contribution in [3.05, 3.63) is 41.5 Å². The van der Waals surface area contributed by atoms with Crippen molar-refractivity contribution in [3.63, 3.8) is 0 Å². The van der Waals surface area contributed by atoms with Gasteiger partial charge in [-0.25, -0.2) is 0 Å². The predicted octanol–water partition coefficient (Wildman–Crippen LogP) is 2.95. The van der Waals surface area contributed by atoms with Gasteiger partial charge in [0.15, 0.2) is 0 Å². The van der Waals surface area contributed by atoms with E-state index in [-0.39, 0.29) is 24.0 Å². The number of anilines is 3. The van der Waals surface area contributed by atoms with Crippen molar-refractivity contribution in [1.29, 1.82) is 5.26 Å². The van der Waals surface area contributed by atoms with Gasteiger partial charge in [0.25, 0.3) is 0 Å². The van der Waals surface area contributed by atoms with E-state index in [9.17, 15) is 14.4 Å². The first-order valence-electron chi connectivity index (χ1n) is 15.1. The number of nitriles is 1. The Bertz CT molecular complexity index is 1300. The minimum absolute atomic E-state index is 0.0747. The molecule has 0 radical (unpaired) electrons. The van der Waals surface area contributed by atoms with Gasteiger partial charge in [0.05, 0.1) is 6.07 Å². The largest absolute Gasteiger partial charge is 0.356 e. The molecule has 4 rings (SSSR count). The second kappa shape index (κ2) is 14.1. The summed E-state index contributed by atoms with van der Waals surface area (Å²) in [5, 5.41) is 8.97. The molecular weight excluding hydrogens is 532 g/mol. The maximum Gasteiger partial charge on any atom is 0.245 e. The zero-order valence-corrected chi connectivity index (χ0v) is 25.3. The van der Waals surface area contributed by atoms with Crippen LogP contribution in [0.4, 0.5) is 17.6 Å². The van der Waals surface area contributed by atoms with Crippen LogP contribution in [0.15, 0.2) is 30.3 Å². The van der Waals surface area contributed by atoms with E-state index in [1.807, 2.05) is 36.4 Å². The minimum atomic E-state index is -0.518. The number of hydrogen-bond donors (Lipinski definition) is 0. The first kappa shape index (κ1) is 30.8. The molecule has 0 spiro atoms. The molecule has 0 aliphatic carbocycles. The van der Waals surface area contributed by atoms with Crippen molar-refractivity contribution < 1.29 is 14.4 Å². The van der Waals surface area contributed by atoms with E-state index >= 15 is 0 Å². The second-order valence-electron chi connectivity index (χ2n) is 10.5. The molecule has 0 saturated carbocycles. The van der Waals surface area contributed by atoms with Crippen molar-refractivity contribution in [1.82, 2.24) is 19.8 Å². The van der Waals surface area contributed by atoms with E-state index in [1.54, 1.807) is 9.80 Å². The van der Waals surface area contributed by atoms with Crippen LogP contribution in [0.3, 0.4) is 0 Å². The Morgan fingerprint density at radius 3 is 2.14 bits per heavy atom. The van der Waals surface area contributed by atoms with E-state index in [1.165, 1.54) is 0 Å². The Labute approximate surface area is 248 Å². The number of aromatic nitrogens is 2. The van der Waals surface area contributed by atoms with Gasteiger partial charge in [-0.3, -0.25) is 14.4 Å². The highest BCUT2D eigenvalue weighted by atomic mass is 16.2. The van der Waals surface area contributed by atoms with Crippen LogP contribution in [0.5, 0.6) is 0 Å². The van der Waals surface area contributed by atoms with Crippen LogP contribution in [0, 0.1) is 11.3 Å². The number of carbonyl (C=O) groups is 3. The molecule has 2 aromatic rings. The molecule has 2 amide bonds. The Kier molecular flexibility index (Phi) is 10.3. The molecule has 224 valence electrons. The highest BCUT2D eigenvalue weighted by Gasteiger charge is 2.38. The zero-order valence-electron chi connectivity index (χ0n) is 25.3. The molecule has 2 saturated heterocycles. The second-order valence-corrected chi connectivity index (χ2v) is 10.5. The summed E-state index contributed by atoms with van der Waals surface area (Å²) in [7, 11) is 0. The van der Waals surface area contributed by atoms with Crippen LogP contribution < -0.4 is 14.7 Å². The van der Waals surface area contributed by atoms with Crippen LogP contribution in [0.2, 0.25) is 0 Å². The highest BCUT2D eigenvalue weighted by molar-refractivity contribution is 6.15. The number of amides is 2. The van der Waals surface area contributed by atoms with Crippen molar-refractivity contribution in [2.75, 3.05) is 73.6 Å². The fraction of sp³-hybridized carbons (Fsp3) is 0.548. The number of nitrogens with zero attached hydrogens (tertiary/aromatic N) is 8. The lowest BCUT2D eigenvalue weighted by molar-refractivity contribution is -0.143. The van der Waals surface area contributed by atoms with E-state index in [0.717, 1.165) is 19.5 Å². The van der Waals surface area contributed by atoms with Crippen LogP contribution in [0.1, 0.15) is 62.9 Å². The number of carbonyl (C=O) groups excluding carboxylic acids is 3. The average Bonchev–Trinajstić information content (AvgIpc) is 3.52. The summed E-state index contributed by atoms with van der Waals surface area (Å²) >= 11 is 0. The summed E-state index contributed by atoms with van der Waals surface area (Å²) in [5.74, 6) is 1.30. The first-order valence-corrected chi connectivity index (χ1v) is 15.1. The van der Waals surface area contributed by atoms with Crippen LogP contribution in [0.25, 0.3) is 0 Å². The molecule has 1 unspecified atom stereocenters. The fourth-order valence-corrected chi connectivity index (χ4v) is 5.83. The lowest BCUT2D eigenvalue weighted by Gasteiger charge is -2.39. The number of ketones is 1. The molecular formula is C31H42N8O3. The summed E-state index contributed by atoms with van der Waals surface area (Å²) in [4.78, 5) is 59.7. The van der Waals surface area contributed by atoms with Crippen LogP contribution in [-0.4, -0.2) is 102 Å². The summed E-state index contributed by atoms with van der Waals surface area (Å²) in [6, 6.07) is 10.6. The van der Waals surface area contributed by atoms with Gasteiger partial charge in [0, 0.05) is 64.5 Å². The fourth-order valence-electron chi connectivity index (χ4n) is 5.83. The highest BCUT2D eigenvalue weighted by Crippen LogP contribution is 2.33. The van der Waals surface area contributed by atoms with Gasteiger partial charge in [0.1, 0.15) is 29.7 Å². The summed E-state index contributed by atoms with van der Waals surface area (Å²) in [6.45, 7) is 13.4. The van der Waals surface area contributed by atoms with Gasteiger partial charge in [-0.2, -0.15) is 15.2 Å². The predicted molar refractivity (Wildman–Crippen MR) is 163 cm³/mol. The monoisotopic (exact) mass is 574 g/mol. The minimum Gasteiger partial charge on any atom is -0.356 e. The molecule has 3 heterocycles. The quantitative estimate of drug-likeness (QED) is 0.373. The average molecular weight is 575 g/mol. The van der Waals surface area contributed by atoms with E-state index in [4.69, 9.17) is 15.2 Å². The number of hydrogen-bond acceptors (Lipinski definition) is 9. The number of piperazine rings is 1. The number of rotatable bonds is 11. The SMILES string of the molecule is CCN(CC)c1nc(N(CC)CC)c(C(=O)c2ccccc2)c(N2CCN(C(=O)C3CCCN3C(=O)CC#N)CC2)n1. The zero-order chi connectivity index (χ0) is 30.2. The topological polar surface area (TPSA) is 117 Å². The number of likely N-dealkylation sites (tertiary alicyclic amines) is 1. The van der Waals surface area contributed by atoms with Crippen molar-refractivity contribution in [2.45, 2.75) is 53.0 Å². The smallest absolute Gasteiger partial charge is 0.245 e. The standard InChI is InChI=1S/C31H42N8O3/c1-5-35(6-2)28-26(27(41)23-13-10-9-11-14-23)29(34-31(33-28)36(7-3)8-4)37-19-21-38(22-20-37)30(42)24-15-12-18-39(24)25(40)16-17-32/h9-11,13-14,24H,5-8,12,15-16,18-22H2,1-4H3. The number of benzene rings is 1. The van der Waals surface area contributed by atoms with Gasteiger partial charge < -0.3 is 24.5 Å². The van der Waals surface area contributed by atoms with Gasteiger partial charge in [-0.1, -0.05) is 30.3 Å². The third-order valence-corrected chi connectivity index (χ3v) is 8.21. The Morgan fingerprint density at radius 1 is 0.905 bits per heavy atom. The summed E-state index contributed by atoms with van der Waals surface area (Å²) < 4.78 is 0. The molecule has 2 fully saturated rings. The Balaban J connectivity index is 1.69. The molecule has 1 atom stereocenters. The molecule has 2 aliphatic rings. The van der Waals surface area contributed by atoms with Crippen molar-refractivity contribution in [3.8, 4) is 6.07 Å². The van der Waals surface area contributed by atoms with Gasteiger partial charge in [-0.05, 0) is 40.5 Å². The molecule has 42 heavy (non-hydrogen) atoms. The molecule has 1 aromatic heterocycles. The third kappa shape index (κ3) is 6.32. The summed E-state index contributed by atoms with van der Waals surface area (Å²) in [5.41, 5.74) is 1.05. The van der Waals surface area contributed by atoms with Crippen molar-refractivity contribution >= 4 is 35.2 Å². The van der Waals surface area contributed by atoms with E-state index < -0.39 is 6.04 Å². The molecule has 1 aromatic carbocycles. The molecule has 0 bridgehead atoms. The van der Waals surface area contributed by atoms with Crippen LogP contribution in [-0.2, 0) is 9.59 Å². The maximum absolute atomic E-state index is 14.1. The lowest BCUT2D eigenvalue weighted by Crippen LogP contribution is -2.54. The molecule has 11 nitrogen and oxygen atoms in total. The maximum atomic E-state index is 14.1. The van der Waals surface area contributed by atoms with Crippen molar-refractivity contribution in [2.24, 2.45) is 0 Å². The third-order valence-electron chi connectivity index (χ3n) is 8.21. The normalized spacial score (nSPS) is 16.7. The molecule has 2 aliphatic heterocycles. The van der Waals surface area contributed by atoms with E-state index in [0.29, 0.717) is 80.9 Å². The first-order chi connectivity index (χ1) is 20.4. The lowest BCUT2D eigenvalue weighted by atomic mass is 10.0. The van der Waals surface area contributed by atoms with Gasteiger partial charge in [-0.15, -0.1) is 0 Å². The van der Waals surface area contributed by atoms with Gasteiger partial charge >= 0.3 is 0 Å². The summed E-state index contributed by atoms with van der Waals surface area (Å²) in [6.07, 6.45) is 1.15. The molecule has 11 heteroatoms. The Morgan fingerprint density at radius 2 is 1.55 bits per heavy atom. The Hall–Kier alpha value is -4.20. The van der Waals surface area contributed by atoms with E-state index in [2.05, 4.69) is 42.4 Å². The molecule has 0 N–H and O–H groups in total. The van der Waals surface area contributed by atoms with Gasteiger partial charge in [0.2, 0.25) is 23.5 Å².